The molecule has 1 aromatic heterocycles. The molecule has 1 aliphatic heterocycles. The van der Waals surface area contributed by atoms with Crippen LogP contribution in [-0.2, 0) is 4.74 Å². The van der Waals surface area contributed by atoms with Crippen LogP contribution in [-0.4, -0.2) is 35.6 Å². The molecule has 0 amide bonds. The minimum atomic E-state index is -0.411. The van der Waals surface area contributed by atoms with Crippen LogP contribution in [0.1, 0.15) is 23.8 Å². The first kappa shape index (κ1) is 11.0. The number of rotatable bonds is 3. The third kappa shape index (κ3) is 1.90. The molecular formula is C11H14N2O3. The van der Waals surface area contributed by atoms with Crippen LogP contribution in [0.25, 0.3) is 0 Å². The zero-order chi connectivity index (χ0) is 11.5. The number of carbonyl (C=O) groups is 1. The number of carbonyl (C=O) groups excluding carboxylic acids is 1. The molecule has 0 N–H and O–H groups in total. The summed E-state index contributed by atoms with van der Waals surface area (Å²) in [5.74, 6) is 0.337. The first-order valence-corrected chi connectivity index (χ1v) is 5.25. The molecule has 0 aliphatic carbocycles. The minimum absolute atomic E-state index is 0.144. The molecule has 86 valence electrons. The Kier molecular flexibility index (Phi) is 3.14. The van der Waals surface area contributed by atoms with Crippen LogP contribution in [0.4, 0.5) is 0 Å². The van der Waals surface area contributed by atoms with Crippen molar-refractivity contribution in [2.45, 2.75) is 19.4 Å². The van der Waals surface area contributed by atoms with Gasteiger partial charge in [-0.05, 0) is 12.3 Å². The van der Waals surface area contributed by atoms with E-state index in [2.05, 4.69) is 9.97 Å². The summed E-state index contributed by atoms with van der Waals surface area (Å²) >= 11 is 0. The van der Waals surface area contributed by atoms with Gasteiger partial charge in [0.1, 0.15) is 6.10 Å². The number of hydrogen-bond acceptors (Lipinski definition) is 5. The predicted octanol–water partition coefficient (Wildman–Crippen LogP) is 1.09. The van der Waals surface area contributed by atoms with Crippen molar-refractivity contribution in [3.63, 3.8) is 0 Å². The standard InChI is InChI=1S/C11H14N2O3/c1-7-3-6-16-10(7)9(14)8-11(15-2)13-5-4-12-8/h4-5,7,10H,3,6H2,1-2H3. The molecule has 1 saturated heterocycles. The van der Waals surface area contributed by atoms with Crippen molar-refractivity contribution >= 4 is 5.78 Å². The second-order valence-electron chi connectivity index (χ2n) is 3.84. The van der Waals surface area contributed by atoms with E-state index in [9.17, 15) is 4.79 Å². The Bertz CT molecular complexity index is 395. The van der Waals surface area contributed by atoms with Crippen molar-refractivity contribution in [3.8, 4) is 5.88 Å². The van der Waals surface area contributed by atoms with Crippen LogP contribution in [0.15, 0.2) is 12.4 Å². The molecule has 0 radical (unpaired) electrons. The molecule has 0 aromatic carbocycles. The summed E-state index contributed by atoms with van der Waals surface area (Å²) in [5.41, 5.74) is 0.253. The fraction of sp³-hybridized carbons (Fsp3) is 0.545. The summed E-state index contributed by atoms with van der Waals surface area (Å²) < 4.78 is 10.4. The molecule has 2 atom stereocenters. The normalized spacial score (nSPS) is 24.4. The van der Waals surface area contributed by atoms with Gasteiger partial charge < -0.3 is 9.47 Å². The number of aromatic nitrogens is 2. The van der Waals surface area contributed by atoms with Crippen molar-refractivity contribution in [2.75, 3.05) is 13.7 Å². The molecule has 16 heavy (non-hydrogen) atoms. The maximum absolute atomic E-state index is 12.1. The zero-order valence-corrected chi connectivity index (χ0v) is 9.34. The van der Waals surface area contributed by atoms with Gasteiger partial charge in [0.25, 0.3) is 0 Å². The minimum Gasteiger partial charge on any atom is -0.479 e. The Morgan fingerprint density at radius 3 is 2.88 bits per heavy atom. The predicted molar refractivity (Wildman–Crippen MR) is 56.4 cm³/mol. The molecule has 5 nitrogen and oxygen atoms in total. The topological polar surface area (TPSA) is 61.3 Å². The molecule has 1 fully saturated rings. The molecule has 2 unspecified atom stereocenters. The van der Waals surface area contributed by atoms with E-state index in [1.54, 1.807) is 0 Å². The van der Waals surface area contributed by atoms with Gasteiger partial charge in [-0.3, -0.25) is 4.79 Å². The molecular weight excluding hydrogens is 208 g/mol. The first-order valence-electron chi connectivity index (χ1n) is 5.25. The Hall–Kier alpha value is -1.49. The van der Waals surface area contributed by atoms with Crippen LogP contribution in [0, 0.1) is 5.92 Å². The van der Waals surface area contributed by atoms with E-state index in [4.69, 9.17) is 9.47 Å². The highest BCUT2D eigenvalue weighted by Crippen LogP contribution is 2.25. The average Bonchev–Trinajstić information content (AvgIpc) is 2.74. The van der Waals surface area contributed by atoms with Crippen molar-refractivity contribution in [1.82, 2.24) is 9.97 Å². The number of hydrogen-bond donors (Lipinski definition) is 0. The van der Waals surface area contributed by atoms with E-state index in [0.29, 0.717) is 6.61 Å². The number of ketones is 1. The van der Waals surface area contributed by atoms with Gasteiger partial charge in [0, 0.05) is 19.0 Å². The summed E-state index contributed by atoms with van der Waals surface area (Å²) in [5, 5.41) is 0. The van der Waals surface area contributed by atoms with Crippen LogP contribution < -0.4 is 4.74 Å². The first-order chi connectivity index (χ1) is 7.74. The van der Waals surface area contributed by atoms with E-state index < -0.39 is 6.10 Å². The van der Waals surface area contributed by atoms with Gasteiger partial charge in [0.2, 0.25) is 11.7 Å². The Morgan fingerprint density at radius 1 is 1.50 bits per heavy atom. The molecule has 1 aromatic rings. The largest absolute Gasteiger partial charge is 0.479 e. The second kappa shape index (κ2) is 4.57. The highest BCUT2D eigenvalue weighted by atomic mass is 16.5. The average molecular weight is 222 g/mol. The lowest BCUT2D eigenvalue weighted by molar-refractivity contribution is 0.0570. The molecule has 2 rings (SSSR count). The quantitative estimate of drug-likeness (QED) is 0.716. The van der Waals surface area contributed by atoms with E-state index in [1.807, 2.05) is 6.92 Å². The van der Waals surface area contributed by atoms with Gasteiger partial charge in [0.05, 0.1) is 7.11 Å². The lowest BCUT2D eigenvalue weighted by Gasteiger charge is -2.13. The molecule has 0 spiro atoms. The molecule has 2 heterocycles. The molecule has 5 heteroatoms. The summed E-state index contributed by atoms with van der Waals surface area (Å²) in [6.45, 7) is 2.62. The summed E-state index contributed by atoms with van der Waals surface area (Å²) in [6.07, 6.45) is 3.47. The molecule has 0 bridgehead atoms. The van der Waals surface area contributed by atoms with Gasteiger partial charge in [-0.25, -0.2) is 9.97 Å². The highest BCUT2D eigenvalue weighted by Gasteiger charge is 2.34. The van der Waals surface area contributed by atoms with Crippen LogP contribution in [0.3, 0.4) is 0 Å². The fourth-order valence-electron chi connectivity index (χ4n) is 1.81. The Balaban J connectivity index is 2.26. The molecule has 1 aliphatic rings. The molecule has 0 saturated carbocycles. The SMILES string of the molecule is COc1nccnc1C(=O)C1OCCC1C. The van der Waals surface area contributed by atoms with Crippen molar-refractivity contribution < 1.29 is 14.3 Å². The maximum Gasteiger partial charge on any atom is 0.243 e. The third-order valence-electron chi connectivity index (χ3n) is 2.74. The maximum atomic E-state index is 12.1. The van der Waals surface area contributed by atoms with Gasteiger partial charge >= 0.3 is 0 Å². The van der Waals surface area contributed by atoms with Gasteiger partial charge in [-0.1, -0.05) is 6.92 Å². The van der Waals surface area contributed by atoms with Crippen LogP contribution >= 0.6 is 0 Å². The van der Waals surface area contributed by atoms with Crippen molar-refractivity contribution in [1.29, 1.82) is 0 Å². The Morgan fingerprint density at radius 2 is 2.25 bits per heavy atom. The zero-order valence-electron chi connectivity index (χ0n) is 9.34. The summed E-state index contributed by atoms with van der Waals surface area (Å²) in [6, 6.07) is 0. The van der Waals surface area contributed by atoms with Gasteiger partial charge in [0.15, 0.2) is 5.69 Å². The van der Waals surface area contributed by atoms with E-state index in [1.165, 1.54) is 19.5 Å². The van der Waals surface area contributed by atoms with Gasteiger partial charge in [-0.15, -0.1) is 0 Å². The smallest absolute Gasteiger partial charge is 0.243 e. The van der Waals surface area contributed by atoms with Crippen LogP contribution in [0.5, 0.6) is 5.88 Å². The summed E-state index contributed by atoms with van der Waals surface area (Å²) in [7, 11) is 1.47. The van der Waals surface area contributed by atoms with E-state index >= 15 is 0 Å². The lowest BCUT2D eigenvalue weighted by Crippen LogP contribution is -2.26. The number of Topliss-reactive ketones (excluding diaryl/α,β-unsaturated/α-hetero) is 1. The van der Waals surface area contributed by atoms with Crippen molar-refractivity contribution in [3.05, 3.63) is 18.1 Å². The lowest BCUT2D eigenvalue weighted by atomic mass is 9.99. The fourth-order valence-corrected chi connectivity index (χ4v) is 1.81. The van der Waals surface area contributed by atoms with Crippen molar-refractivity contribution in [2.24, 2.45) is 5.92 Å². The Labute approximate surface area is 93.8 Å². The van der Waals surface area contributed by atoms with Crippen LogP contribution in [0.2, 0.25) is 0 Å². The monoisotopic (exact) mass is 222 g/mol. The summed E-state index contributed by atoms with van der Waals surface area (Å²) in [4.78, 5) is 20.1. The van der Waals surface area contributed by atoms with Gasteiger partial charge in [-0.2, -0.15) is 0 Å². The number of methoxy groups -OCH3 is 1. The number of nitrogens with zero attached hydrogens (tertiary/aromatic N) is 2. The number of ether oxygens (including phenoxy) is 2. The van der Waals surface area contributed by atoms with E-state index in [-0.39, 0.29) is 23.3 Å². The third-order valence-corrected chi connectivity index (χ3v) is 2.74. The van der Waals surface area contributed by atoms with E-state index in [0.717, 1.165) is 6.42 Å². The second-order valence-corrected chi connectivity index (χ2v) is 3.84. The highest BCUT2D eigenvalue weighted by molar-refractivity contribution is 5.99.